The van der Waals surface area contributed by atoms with Gasteiger partial charge in [-0.15, -0.1) is 24.0 Å². The molecule has 1 aliphatic heterocycles. The summed E-state index contributed by atoms with van der Waals surface area (Å²) in [5.74, 6) is 0.502. The molecule has 0 spiro atoms. The van der Waals surface area contributed by atoms with Gasteiger partial charge in [-0.3, -0.25) is 9.98 Å². The molecular weight excluding hydrogens is 520 g/mol. The van der Waals surface area contributed by atoms with Gasteiger partial charge in [0.25, 0.3) is 0 Å². The van der Waals surface area contributed by atoms with Gasteiger partial charge in [0.2, 0.25) is 0 Å². The minimum atomic E-state index is -4.38. The van der Waals surface area contributed by atoms with E-state index in [1.54, 1.807) is 19.3 Å². The van der Waals surface area contributed by atoms with Crippen LogP contribution in [0, 0.1) is 0 Å². The summed E-state index contributed by atoms with van der Waals surface area (Å²) in [6.45, 7) is 4.01. The highest BCUT2D eigenvalue weighted by Crippen LogP contribution is 2.33. The van der Waals surface area contributed by atoms with Crippen molar-refractivity contribution in [3.05, 3.63) is 59.4 Å². The third kappa shape index (κ3) is 7.23. The van der Waals surface area contributed by atoms with Crippen molar-refractivity contribution < 1.29 is 13.2 Å². The van der Waals surface area contributed by atoms with Crippen molar-refractivity contribution in [1.82, 2.24) is 20.5 Å². The quantitative estimate of drug-likeness (QED) is 0.341. The molecule has 0 unspecified atom stereocenters. The van der Waals surface area contributed by atoms with Crippen molar-refractivity contribution in [2.75, 3.05) is 45.2 Å². The summed E-state index contributed by atoms with van der Waals surface area (Å²) in [5.41, 5.74) is 1.62. The topological polar surface area (TPSA) is 55.8 Å². The Morgan fingerprint density at radius 1 is 1.06 bits per heavy atom. The lowest BCUT2D eigenvalue weighted by atomic mass is 10.1. The normalized spacial score (nSPS) is 15.4. The lowest BCUT2D eigenvalue weighted by molar-refractivity contribution is -0.137. The Hall–Kier alpha value is -2.08. The summed E-state index contributed by atoms with van der Waals surface area (Å²) in [7, 11) is 3.67. The molecule has 1 fully saturated rings. The number of halogens is 4. The number of guanidine groups is 1. The number of likely N-dealkylation sites (N-methyl/N-ethyl adjacent to an activating group) is 1. The number of aromatic nitrogens is 1. The molecule has 31 heavy (non-hydrogen) atoms. The number of hydrogen-bond donors (Lipinski definition) is 2. The highest BCUT2D eigenvalue weighted by molar-refractivity contribution is 14.0. The van der Waals surface area contributed by atoms with E-state index in [4.69, 9.17) is 0 Å². The highest BCUT2D eigenvalue weighted by Gasteiger charge is 2.31. The average Bonchev–Trinajstić information content (AvgIpc) is 2.74. The number of rotatable bonds is 5. The fourth-order valence-corrected chi connectivity index (χ4v) is 3.34. The summed E-state index contributed by atoms with van der Waals surface area (Å²) in [6, 6.07) is 9.58. The smallest absolute Gasteiger partial charge is 0.369 e. The molecule has 2 N–H and O–H groups in total. The van der Waals surface area contributed by atoms with E-state index in [-0.39, 0.29) is 30.5 Å². The first-order valence-corrected chi connectivity index (χ1v) is 9.85. The summed E-state index contributed by atoms with van der Waals surface area (Å²) in [6.07, 6.45) is -2.67. The third-order valence-electron chi connectivity index (χ3n) is 5.08. The Morgan fingerprint density at radius 3 is 2.39 bits per heavy atom. The van der Waals surface area contributed by atoms with Crippen LogP contribution in [-0.4, -0.2) is 56.1 Å². The van der Waals surface area contributed by atoms with Gasteiger partial charge in [-0.1, -0.05) is 6.07 Å². The van der Waals surface area contributed by atoms with Crippen LogP contribution in [0.1, 0.15) is 16.8 Å². The minimum absolute atomic E-state index is 0. The van der Waals surface area contributed by atoms with E-state index in [0.717, 1.165) is 43.6 Å². The minimum Gasteiger partial charge on any atom is -0.369 e. The summed E-state index contributed by atoms with van der Waals surface area (Å²) >= 11 is 0. The van der Waals surface area contributed by atoms with Crippen LogP contribution in [0.3, 0.4) is 0 Å². The number of aliphatic imine (C=N–C) groups is 1. The lowest BCUT2D eigenvalue weighted by Gasteiger charge is -2.35. The number of alkyl halides is 3. The Labute approximate surface area is 198 Å². The van der Waals surface area contributed by atoms with Gasteiger partial charge in [0.15, 0.2) is 5.96 Å². The van der Waals surface area contributed by atoms with Crippen molar-refractivity contribution in [3.8, 4) is 0 Å². The molecule has 0 atom stereocenters. The molecule has 10 heteroatoms. The summed E-state index contributed by atoms with van der Waals surface area (Å²) < 4.78 is 39.8. The van der Waals surface area contributed by atoms with E-state index in [1.807, 2.05) is 25.2 Å². The van der Waals surface area contributed by atoms with E-state index >= 15 is 0 Å². The van der Waals surface area contributed by atoms with Gasteiger partial charge in [0.1, 0.15) is 0 Å². The van der Waals surface area contributed by atoms with Crippen molar-refractivity contribution in [1.29, 1.82) is 0 Å². The number of anilines is 1. The average molecular weight is 548 g/mol. The van der Waals surface area contributed by atoms with Crippen molar-refractivity contribution in [3.63, 3.8) is 0 Å². The number of nitrogens with one attached hydrogen (secondary N) is 2. The zero-order valence-electron chi connectivity index (χ0n) is 17.6. The third-order valence-corrected chi connectivity index (χ3v) is 5.08. The molecule has 0 aliphatic carbocycles. The molecule has 6 nitrogen and oxygen atoms in total. The van der Waals surface area contributed by atoms with Crippen LogP contribution in [0.15, 0.2) is 47.6 Å². The molecule has 1 saturated heterocycles. The zero-order valence-corrected chi connectivity index (χ0v) is 19.9. The van der Waals surface area contributed by atoms with E-state index in [2.05, 4.69) is 30.4 Å². The maximum absolute atomic E-state index is 13.3. The second-order valence-electron chi connectivity index (χ2n) is 7.23. The van der Waals surface area contributed by atoms with Crippen LogP contribution >= 0.6 is 24.0 Å². The van der Waals surface area contributed by atoms with Crippen LogP contribution in [0.2, 0.25) is 0 Å². The van der Waals surface area contributed by atoms with Gasteiger partial charge in [-0.2, -0.15) is 13.2 Å². The summed E-state index contributed by atoms with van der Waals surface area (Å²) in [4.78, 5) is 12.8. The van der Waals surface area contributed by atoms with Gasteiger partial charge >= 0.3 is 6.18 Å². The fourth-order valence-electron chi connectivity index (χ4n) is 3.34. The molecule has 1 aromatic heterocycles. The summed E-state index contributed by atoms with van der Waals surface area (Å²) in [5, 5.41) is 6.27. The second-order valence-corrected chi connectivity index (χ2v) is 7.23. The molecule has 0 bridgehead atoms. The van der Waals surface area contributed by atoms with Crippen molar-refractivity contribution >= 4 is 35.6 Å². The van der Waals surface area contributed by atoms with Gasteiger partial charge in [-0.25, -0.2) is 0 Å². The number of piperazine rings is 1. The van der Waals surface area contributed by atoms with Crippen molar-refractivity contribution in [2.24, 2.45) is 4.99 Å². The molecule has 2 heterocycles. The number of nitrogens with zero attached hydrogens (tertiary/aromatic N) is 4. The largest absolute Gasteiger partial charge is 0.416 e. The zero-order chi connectivity index (χ0) is 21.6. The monoisotopic (exact) mass is 548 g/mol. The Balaban J connectivity index is 0.00000341. The molecular formula is C21H28F3IN6. The molecule has 0 saturated carbocycles. The van der Waals surface area contributed by atoms with Crippen LogP contribution < -0.4 is 15.5 Å². The predicted molar refractivity (Wildman–Crippen MR) is 128 cm³/mol. The van der Waals surface area contributed by atoms with Gasteiger partial charge in [0.05, 0.1) is 17.8 Å². The van der Waals surface area contributed by atoms with E-state index in [9.17, 15) is 13.2 Å². The molecule has 2 aromatic rings. The van der Waals surface area contributed by atoms with E-state index < -0.39 is 11.7 Å². The van der Waals surface area contributed by atoms with Crippen molar-refractivity contribution in [2.45, 2.75) is 19.3 Å². The molecule has 170 valence electrons. The van der Waals surface area contributed by atoms with Gasteiger partial charge in [-0.05, 0) is 42.9 Å². The number of hydrogen-bond acceptors (Lipinski definition) is 4. The van der Waals surface area contributed by atoms with Crippen LogP contribution in [-0.2, 0) is 19.3 Å². The van der Waals surface area contributed by atoms with E-state index in [1.165, 1.54) is 6.07 Å². The molecule has 0 amide bonds. The first-order valence-electron chi connectivity index (χ1n) is 9.85. The number of benzene rings is 1. The fraction of sp³-hybridized carbons (Fsp3) is 0.429. The van der Waals surface area contributed by atoms with Gasteiger partial charge in [0, 0.05) is 51.7 Å². The number of pyridine rings is 1. The van der Waals surface area contributed by atoms with E-state index in [0.29, 0.717) is 18.1 Å². The molecule has 1 aliphatic rings. The molecule has 3 rings (SSSR count). The maximum Gasteiger partial charge on any atom is 0.416 e. The standard InChI is InChI=1S/C21H27F3N6.HI/c1-25-20(28-15-18-5-3-4-8-26-18)27-14-16-13-17(21(22,23)24)6-7-19(16)30-11-9-29(2)10-12-30;/h3-8,13H,9-12,14-15H2,1-2H3,(H2,25,27,28);1H. The first kappa shape index (κ1) is 25.2. The highest BCUT2D eigenvalue weighted by atomic mass is 127. The Bertz CT molecular complexity index is 852. The lowest BCUT2D eigenvalue weighted by Crippen LogP contribution is -2.45. The Kier molecular flexibility index (Phi) is 9.35. The van der Waals surface area contributed by atoms with Crippen LogP contribution in [0.25, 0.3) is 0 Å². The molecule has 1 aromatic carbocycles. The Morgan fingerprint density at radius 2 is 1.77 bits per heavy atom. The first-order chi connectivity index (χ1) is 14.4. The van der Waals surface area contributed by atoms with Crippen LogP contribution in [0.4, 0.5) is 18.9 Å². The maximum atomic E-state index is 13.3. The van der Waals surface area contributed by atoms with Crippen LogP contribution in [0.5, 0.6) is 0 Å². The van der Waals surface area contributed by atoms with Gasteiger partial charge < -0.3 is 20.4 Å². The predicted octanol–water partition coefficient (Wildman–Crippen LogP) is 3.34. The SMILES string of the molecule is CN=C(NCc1ccccn1)NCc1cc(C(F)(F)F)ccc1N1CCN(C)CC1.I. The molecule has 0 radical (unpaired) electrons. The second kappa shape index (κ2) is 11.5.